The fourth-order valence-electron chi connectivity index (χ4n) is 2.66. The van der Waals surface area contributed by atoms with Crippen LogP contribution < -0.4 is 19.5 Å². The lowest BCUT2D eigenvalue weighted by Gasteiger charge is -2.26. The molecule has 7 heteroatoms. The summed E-state index contributed by atoms with van der Waals surface area (Å²) >= 11 is 0. The molecule has 27 heavy (non-hydrogen) atoms. The molecule has 1 atom stereocenters. The molecule has 0 spiro atoms. The molecule has 2 aromatic carbocycles. The van der Waals surface area contributed by atoms with Gasteiger partial charge in [-0.3, -0.25) is 4.79 Å². The number of ether oxygens (including phenoxy) is 3. The zero-order chi connectivity index (χ0) is 18.9. The minimum Gasteiger partial charge on any atom is -0.496 e. The zero-order valence-electron chi connectivity index (χ0n) is 16.1. The second kappa shape index (κ2) is 11.3. The van der Waals surface area contributed by atoms with Gasteiger partial charge in [0, 0.05) is 12.1 Å². The van der Waals surface area contributed by atoms with Crippen LogP contribution in [-0.2, 0) is 4.79 Å². The van der Waals surface area contributed by atoms with Crippen LogP contribution in [0.25, 0.3) is 0 Å². The summed E-state index contributed by atoms with van der Waals surface area (Å²) in [5.41, 5.74) is 1.02. The molecule has 0 aliphatic heterocycles. The molecule has 0 fully saturated rings. The average molecular weight is 395 g/mol. The van der Waals surface area contributed by atoms with E-state index in [0.717, 1.165) is 11.3 Å². The monoisotopic (exact) mass is 394 g/mol. The van der Waals surface area contributed by atoms with Crippen molar-refractivity contribution in [3.63, 3.8) is 0 Å². The maximum atomic E-state index is 12.2. The van der Waals surface area contributed by atoms with Gasteiger partial charge in [-0.2, -0.15) is 0 Å². The van der Waals surface area contributed by atoms with E-state index in [2.05, 4.69) is 5.32 Å². The Morgan fingerprint density at radius 1 is 0.963 bits per heavy atom. The van der Waals surface area contributed by atoms with Gasteiger partial charge in [0.2, 0.25) is 0 Å². The van der Waals surface area contributed by atoms with Crippen LogP contribution in [0.2, 0.25) is 0 Å². The van der Waals surface area contributed by atoms with Crippen LogP contribution >= 0.6 is 12.4 Å². The molecule has 0 saturated carbocycles. The Bertz CT molecular complexity index is 725. The third-order valence-corrected chi connectivity index (χ3v) is 4.04. The summed E-state index contributed by atoms with van der Waals surface area (Å²) in [6.45, 7) is 0.369. The zero-order valence-corrected chi connectivity index (χ0v) is 16.9. The van der Waals surface area contributed by atoms with E-state index in [9.17, 15) is 4.79 Å². The fourth-order valence-corrected chi connectivity index (χ4v) is 2.66. The highest BCUT2D eigenvalue weighted by Gasteiger charge is 2.19. The molecular weight excluding hydrogens is 368 g/mol. The Balaban J connectivity index is 0.00000364. The molecule has 0 heterocycles. The molecule has 1 N–H and O–H groups in total. The van der Waals surface area contributed by atoms with Crippen molar-refractivity contribution < 1.29 is 19.0 Å². The fraction of sp³-hybridized carbons (Fsp3) is 0.350. The van der Waals surface area contributed by atoms with Gasteiger partial charge in [0.1, 0.15) is 5.75 Å². The smallest absolute Gasteiger partial charge is 0.258 e. The largest absolute Gasteiger partial charge is 0.496 e. The number of methoxy groups -OCH3 is 2. The van der Waals surface area contributed by atoms with Gasteiger partial charge in [0.25, 0.3) is 5.91 Å². The second-order valence-electron chi connectivity index (χ2n) is 5.96. The van der Waals surface area contributed by atoms with Gasteiger partial charge < -0.3 is 24.4 Å². The highest BCUT2D eigenvalue weighted by atomic mass is 35.5. The minimum absolute atomic E-state index is 0. The number of likely N-dealkylation sites (N-methyl/N-ethyl adjacent to an activating group) is 1. The average Bonchev–Trinajstić information content (AvgIpc) is 2.66. The number of carbonyl (C=O) groups excluding carboxylic acids is 1. The van der Waals surface area contributed by atoms with E-state index in [-0.39, 0.29) is 31.0 Å². The number of hydrogen-bond acceptors (Lipinski definition) is 5. The van der Waals surface area contributed by atoms with E-state index in [0.29, 0.717) is 18.0 Å². The molecule has 0 aromatic heterocycles. The Labute approximate surface area is 166 Å². The summed E-state index contributed by atoms with van der Waals surface area (Å²) in [6.07, 6.45) is 0. The van der Waals surface area contributed by atoms with Gasteiger partial charge in [0.05, 0.1) is 20.3 Å². The van der Waals surface area contributed by atoms with Crippen LogP contribution in [0.15, 0.2) is 48.5 Å². The summed E-state index contributed by atoms with van der Waals surface area (Å²) in [6, 6.07) is 15.0. The molecule has 2 aromatic rings. The summed E-state index contributed by atoms with van der Waals surface area (Å²) in [7, 11) is 7.14. The molecule has 2 rings (SSSR count). The number of nitrogens with zero attached hydrogens (tertiary/aromatic N) is 1. The molecular formula is C20H27ClN2O4. The second-order valence-corrected chi connectivity index (χ2v) is 5.96. The maximum Gasteiger partial charge on any atom is 0.258 e. The first-order chi connectivity index (χ1) is 12.6. The predicted molar refractivity (Wildman–Crippen MR) is 108 cm³/mol. The molecule has 0 aliphatic carbocycles. The maximum absolute atomic E-state index is 12.2. The molecule has 148 valence electrons. The molecule has 1 unspecified atom stereocenters. The van der Waals surface area contributed by atoms with Crippen LogP contribution in [-0.4, -0.2) is 52.3 Å². The Hall–Kier alpha value is -2.44. The number of para-hydroxylation sites is 3. The Morgan fingerprint density at radius 3 is 2.11 bits per heavy atom. The number of rotatable bonds is 9. The van der Waals surface area contributed by atoms with Gasteiger partial charge in [-0.05, 0) is 32.3 Å². The standard InChI is InChI=1S/C20H26N2O4.ClH/c1-22(2)16(15-9-5-6-10-17(15)24-3)13-21-20(23)14-26-19-12-8-7-11-18(19)25-4;/h5-12,16H,13-14H2,1-4H3,(H,21,23);1H. The quantitative estimate of drug-likeness (QED) is 0.708. The SMILES string of the molecule is COc1ccccc1OCC(=O)NCC(c1ccccc1OC)N(C)C.Cl. The number of hydrogen-bond donors (Lipinski definition) is 1. The Kier molecular flexibility index (Phi) is 9.47. The number of benzene rings is 2. The lowest BCUT2D eigenvalue weighted by Crippen LogP contribution is -2.37. The lowest BCUT2D eigenvalue weighted by atomic mass is 10.0. The van der Waals surface area contributed by atoms with Crippen LogP contribution in [0, 0.1) is 0 Å². The summed E-state index contributed by atoms with van der Waals surface area (Å²) < 4.78 is 16.2. The summed E-state index contributed by atoms with van der Waals surface area (Å²) in [5.74, 6) is 1.74. The minimum atomic E-state index is -0.197. The van der Waals surface area contributed by atoms with E-state index in [1.807, 2.05) is 55.4 Å². The van der Waals surface area contributed by atoms with Crippen LogP contribution in [0.5, 0.6) is 17.2 Å². The van der Waals surface area contributed by atoms with E-state index in [4.69, 9.17) is 14.2 Å². The van der Waals surface area contributed by atoms with Crippen molar-refractivity contribution >= 4 is 18.3 Å². The molecule has 1 amide bonds. The van der Waals surface area contributed by atoms with Crippen molar-refractivity contribution in [2.75, 3.05) is 41.5 Å². The molecule has 0 saturated heterocycles. The molecule has 0 aliphatic rings. The van der Waals surface area contributed by atoms with Crippen LogP contribution in [0.3, 0.4) is 0 Å². The van der Waals surface area contributed by atoms with Crippen LogP contribution in [0.1, 0.15) is 11.6 Å². The number of halogens is 1. The van der Waals surface area contributed by atoms with Crippen molar-refractivity contribution in [3.8, 4) is 17.2 Å². The van der Waals surface area contributed by atoms with Gasteiger partial charge in [0.15, 0.2) is 18.1 Å². The first kappa shape index (κ1) is 22.6. The third kappa shape index (κ3) is 6.34. The normalized spacial score (nSPS) is 11.3. The van der Waals surface area contributed by atoms with E-state index in [1.165, 1.54) is 0 Å². The van der Waals surface area contributed by atoms with Gasteiger partial charge in [-0.25, -0.2) is 0 Å². The van der Waals surface area contributed by atoms with Crippen molar-refractivity contribution in [2.24, 2.45) is 0 Å². The van der Waals surface area contributed by atoms with Gasteiger partial charge in [-0.15, -0.1) is 12.4 Å². The molecule has 6 nitrogen and oxygen atoms in total. The Morgan fingerprint density at radius 2 is 1.52 bits per heavy atom. The van der Waals surface area contributed by atoms with Gasteiger partial charge >= 0.3 is 0 Å². The van der Waals surface area contributed by atoms with E-state index in [1.54, 1.807) is 26.4 Å². The number of amides is 1. The number of nitrogens with one attached hydrogen (secondary N) is 1. The first-order valence-corrected chi connectivity index (χ1v) is 8.38. The predicted octanol–water partition coefficient (Wildman–Crippen LogP) is 2.92. The van der Waals surface area contributed by atoms with Crippen LogP contribution in [0.4, 0.5) is 0 Å². The highest BCUT2D eigenvalue weighted by molar-refractivity contribution is 5.85. The van der Waals surface area contributed by atoms with Gasteiger partial charge in [-0.1, -0.05) is 30.3 Å². The highest BCUT2D eigenvalue weighted by Crippen LogP contribution is 2.27. The molecule has 0 radical (unpaired) electrons. The topological polar surface area (TPSA) is 60.0 Å². The van der Waals surface area contributed by atoms with Crippen molar-refractivity contribution in [2.45, 2.75) is 6.04 Å². The first-order valence-electron chi connectivity index (χ1n) is 8.38. The van der Waals surface area contributed by atoms with Crippen molar-refractivity contribution in [3.05, 3.63) is 54.1 Å². The number of carbonyl (C=O) groups is 1. The van der Waals surface area contributed by atoms with E-state index < -0.39 is 0 Å². The lowest BCUT2D eigenvalue weighted by molar-refractivity contribution is -0.123. The third-order valence-electron chi connectivity index (χ3n) is 4.04. The van der Waals surface area contributed by atoms with E-state index >= 15 is 0 Å². The van der Waals surface area contributed by atoms with Crippen molar-refractivity contribution in [1.29, 1.82) is 0 Å². The van der Waals surface area contributed by atoms with Crippen molar-refractivity contribution in [1.82, 2.24) is 10.2 Å². The summed E-state index contributed by atoms with van der Waals surface area (Å²) in [5, 5.41) is 2.92. The summed E-state index contributed by atoms with van der Waals surface area (Å²) in [4.78, 5) is 14.2. The molecule has 0 bridgehead atoms.